The molecule has 4 N–H and O–H groups in total. The predicted molar refractivity (Wildman–Crippen MR) is 67.9 cm³/mol. The Labute approximate surface area is 105 Å². The third-order valence-electron chi connectivity index (χ3n) is 2.47. The standard InChI is InChI=1S/C13H14N2O3/c1-3-4-11(13(17)18)15-12(16)9-6-5-8(2)10(14)7-9/h1,5-7,11H,4,14H2,2H3,(H,15,16)(H,17,18). The van der Waals surface area contributed by atoms with Crippen LogP contribution in [-0.2, 0) is 4.79 Å². The van der Waals surface area contributed by atoms with Crippen LogP contribution >= 0.6 is 0 Å². The Hall–Kier alpha value is -2.48. The lowest BCUT2D eigenvalue weighted by atomic mass is 10.1. The number of amides is 1. The summed E-state index contributed by atoms with van der Waals surface area (Å²) >= 11 is 0. The molecule has 0 saturated heterocycles. The van der Waals surface area contributed by atoms with Crippen molar-refractivity contribution in [1.82, 2.24) is 5.32 Å². The van der Waals surface area contributed by atoms with Crippen molar-refractivity contribution in [3.8, 4) is 12.3 Å². The van der Waals surface area contributed by atoms with E-state index in [1.54, 1.807) is 12.1 Å². The number of nitrogens with two attached hydrogens (primary N) is 1. The fraction of sp³-hybridized carbons (Fsp3) is 0.231. The highest BCUT2D eigenvalue weighted by atomic mass is 16.4. The number of rotatable bonds is 4. The summed E-state index contributed by atoms with van der Waals surface area (Å²) in [4.78, 5) is 22.6. The maximum atomic E-state index is 11.8. The Morgan fingerprint density at radius 3 is 2.72 bits per heavy atom. The van der Waals surface area contributed by atoms with E-state index in [0.717, 1.165) is 5.56 Å². The summed E-state index contributed by atoms with van der Waals surface area (Å²) in [7, 11) is 0. The van der Waals surface area contributed by atoms with Crippen LogP contribution in [0.25, 0.3) is 0 Å². The summed E-state index contributed by atoms with van der Waals surface area (Å²) in [5.74, 6) is 0.531. The summed E-state index contributed by atoms with van der Waals surface area (Å²) in [6, 6.07) is 3.68. The highest BCUT2D eigenvalue weighted by Crippen LogP contribution is 2.13. The number of nitrogen functional groups attached to an aromatic ring is 1. The summed E-state index contributed by atoms with van der Waals surface area (Å²) in [6.07, 6.45) is 4.97. The molecule has 5 heteroatoms. The predicted octanol–water partition coefficient (Wildman–Crippen LogP) is 0.784. The number of hydrogen-bond donors (Lipinski definition) is 3. The second-order valence-corrected chi connectivity index (χ2v) is 3.84. The van der Waals surface area contributed by atoms with Crippen molar-refractivity contribution in [3.63, 3.8) is 0 Å². The maximum absolute atomic E-state index is 11.8. The van der Waals surface area contributed by atoms with E-state index in [-0.39, 0.29) is 6.42 Å². The SMILES string of the molecule is C#CCC(NC(=O)c1ccc(C)c(N)c1)C(=O)O. The molecule has 5 nitrogen and oxygen atoms in total. The number of aryl methyl sites for hydroxylation is 1. The largest absolute Gasteiger partial charge is 0.480 e. The molecular formula is C13H14N2O3. The van der Waals surface area contributed by atoms with Crippen molar-refractivity contribution >= 4 is 17.6 Å². The van der Waals surface area contributed by atoms with Gasteiger partial charge in [-0.15, -0.1) is 12.3 Å². The molecule has 1 aromatic rings. The number of aliphatic carboxylic acids is 1. The van der Waals surface area contributed by atoms with Gasteiger partial charge < -0.3 is 16.2 Å². The highest BCUT2D eigenvalue weighted by molar-refractivity contribution is 5.97. The van der Waals surface area contributed by atoms with Crippen molar-refractivity contribution in [3.05, 3.63) is 29.3 Å². The quantitative estimate of drug-likeness (QED) is 0.540. The van der Waals surface area contributed by atoms with Gasteiger partial charge in [0.1, 0.15) is 6.04 Å². The summed E-state index contributed by atoms with van der Waals surface area (Å²) in [6.45, 7) is 1.81. The molecule has 0 aromatic heterocycles. The molecule has 1 amide bonds. The van der Waals surface area contributed by atoms with Gasteiger partial charge in [-0.1, -0.05) is 6.07 Å². The molecular weight excluding hydrogens is 232 g/mol. The lowest BCUT2D eigenvalue weighted by Crippen LogP contribution is -2.40. The fourth-order valence-electron chi connectivity index (χ4n) is 1.34. The number of hydrogen-bond acceptors (Lipinski definition) is 3. The first-order valence-electron chi connectivity index (χ1n) is 5.29. The van der Waals surface area contributed by atoms with Crippen LogP contribution in [0.15, 0.2) is 18.2 Å². The van der Waals surface area contributed by atoms with E-state index < -0.39 is 17.9 Å². The number of benzene rings is 1. The van der Waals surface area contributed by atoms with Crippen molar-refractivity contribution in [2.45, 2.75) is 19.4 Å². The Kier molecular flexibility index (Phi) is 4.33. The zero-order valence-corrected chi connectivity index (χ0v) is 9.93. The smallest absolute Gasteiger partial charge is 0.327 e. The summed E-state index contributed by atoms with van der Waals surface area (Å²) < 4.78 is 0. The molecule has 18 heavy (non-hydrogen) atoms. The molecule has 0 spiro atoms. The van der Waals surface area contributed by atoms with Gasteiger partial charge in [0.05, 0.1) is 0 Å². The molecule has 0 saturated carbocycles. The van der Waals surface area contributed by atoms with Gasteiger partial charge in [0.25, 0.3) is 5.91 Å². The van der Waals surface area contributed by atoms with Gasteiger partial charge in [-0.2, -0.15) is 0 Å². The molecule has 0 heterocycles. The van der Waals surface area contributed by atoms with E-state index in [2.05, 4.69) is 11.2 Å². The molecule has 94 valence electrons. The number of terminal acetylenes is 1. The van der Waals surface area contributed by atoms with Crippen molar-refractivity contribution < 1.29 is 14.7 Å². The molecule has 0 aliphatic rings. The maximum Gasteiger partial charge on any atom is 0.327 e. The minimum Gasteiger partial charge on any atom is -0.480 e. The first kappa shape index (κ1) is 13.6. The van der Waals surface area contributed by atoms with Crippen LogP contribution in [0, 0.1) is 19.3 Å². The van der Waals surface area contributed by atoms with E-state index in [9.17, 15) is 9.59 Å². The molecule has 0 radical (unpaired) electrons. The van der Waals surface area contributed by atoms with E-state index in [1.165, 1.54) is 6.07 Å². The van der Waals surface area contributed by atoms with E-state index in [1.807, 2.05) is 6.92 Å². The van der Waals surface area contributed by atoms with Gasteiger partial charge in [-0.05, 0) is 24.6 Å². The van der Waals surface area contributed by atoms with Crippen LogP contribution in [0.3, 0.4) is 0 Å². The van der Waals surface area contributed by atoms with Gasteiger partial charge in [-0.3, -0.25) is 4.79 Å². The Balaban J connectivity index is 2.84. The number of carbonyl (C=O) groups is 2. The summed E-state index contributed by atoms with van der Waals surface area (Å²) in [5, 5.41) is 11.2. The van der Waals surface area contributed by atoms with Crippen molar-refractivity contribution in [2.24, 2.45) is 0 Å². The topological polar surface area (TPSA) is 92.4 Å². The van der Waals surface area contributed by atoms with Gasteiger partial charge in [0, 0.05) is 17.7 Å². The van der Waals surface area contributed by atoms with E-state index in [4.69, 9.17) is 17.3 Å². The number of anilines is 1. The van der Waals surface area contributed by atoms with Crippen molar-refractivity contribution in [2.75, 3.05) is 5.73 Å². The second-order valence-electron chi connectivity index (χ2n) is 3.84. The van der Waals surface area contributed by atoms with Crippen LogP contribution in [0.1, 0.15) is 22.3 Å². The minimum absolute atomic E-state index is 0.0670. The average Bonchev–Trinajstić information content (AvgIpc) is 2.31. The molecule has 1 rings (SSSR count). The van der Waals surface area contributed by atoms with Gasteiger partial charge in [0.2, 0.25) is 0 Å². The first-order valence-corrected chi connectivity index (χ1v) is 5.29. The molecule has 0 aliphatic carbocycles. The fourth-order valence-corrected chi connectivity index (χ4v) is 1.34. The Morgan fingerprint density at radius 1 is 1.56 bits per heavy atom. The minimum atomic E-state index is -1.17. The second kappa shape index (κ2) is 5.73. The van der Waals surface area contributed by atoms with Gasteiger partial charge in [-0.25, -0.2) is 4.79 Å². The highest BCUT2D eigenvalue weighted by Gasteiger charge is 2.19. The molecule has 0 fully saturated rings. The Morgan fingerprint density at radius 2 is 2.22 bits per heavy atom. The Bertz CT molecular complexity index is 517. The third-order valence-corrected chi connectivity index (χ3v) is 2.47. The zero-order chi connectivity index (χ0) is 13.7. The average molecular weight is 246 g/mol. The van der Waals surface area contributed by atoms with Crippen LogP contribution in [0.4, 0.5) is 5.69 Å². The van der Waals surface area contributed by atoms with E-state index >= 15 is 0 Å². The molecule has 1 unspecified atom stereocenters. The molecule has 0 bridgehead atoms. The van der Waals surface area contributed by atoms with Crippen LogP contribution in [0.2, 0.25) is 0 Å². The number of nitrogens with one attached hydrogen (secondary N) is 1. The number of carboxylic acid groups (broad SMARTS) is 1. The van der Waals surface area contributed by atoms with Crippen molar-refractivity contribution in [1.29, 1.82) is 0 Å². The molecule has 0 aliphatic heterocycles. The first-order chi connectivity index (χ1) is 8.45. The number of carbonyl (C=O) groups excluding carboxylic acids is 1. The lowest BCUT2D eigenvalue weighted by molar-refractivity contribution is -0.139. The van der Waals surface area contributed by atoms with Crippen LogP contribution < -0.4 is 11.1 Å². The van der Waals surface area contributed by atoms with Gasteiger partial charge in [0.15, 0.2) is 0 Å². The van der Waals surface area contributed by atoms with E-state index in [0.29, 0.717) is 11.3 Å². The number of carboxylic acids is 1. The van der Waals surface area contributed by atoms with Crippen LogP contribution in [0.5, 0.6) is 0 Å². The molecule has 1 aromatic carbocycles. The monoisotopic (exact) mass is 246 g/mol. The lowest BCUT2D eigenvalue weighted by Gasteiger charge is -2.12. The third kappa shape index (κ3) is 3.25. The molecule has 1 atom stereocenters. The summed E-state index contributed by atoms with van der Waals surface area (Å²) in [5.41, 5.74) is 7.32. The zero-order valence-electron chi connectivity index (χ0n) is 9.93. The normalized spacial score (nSPS) is 11.3. The van der Waals surface area contributed by atoms with Crippen LogP contribution in [-0.4, -0.2) is 23.0 Å². The van der Waals surface area contributed by atoms with Gasteiger partial charge >= 0.3 is 5.97 Å².